The van der Waals surface area contributed by atoms with E-state index >= 15 is 0 Å². The van der Waals surface area contributed by atoms with Gasteiger partial charge in [0.2, 0.25) is 0 Å². The van der Waals surface area contributed by atoms with Crippen molar-refractivity contribution in [2.75, 3.05) is 0 Å². The molecule has 0 saturated carbocycles. The van der Waals surface area contributed by atoms with Crippen LogP contribution < -0.4 is 0 Å². The molecule has 4 heteroatoms. The molecule has 0 N–H and O–H groups in total. The Morgan fingerprint density at radius 1 is 0.646 bits per heavy atom. The molecule has 48 heavy (non-hydrogen) atoms. The van der Waals surface area contributed by atoms with Crippen LogP contribution in [0.3, 0.4) is 0 Å². The molecule has 0 aliphatic rings. The van der Waals surface area contributed by atoms with Crippen LogP contribution in [0.2, 0.25) is 0 Å². The Labute approximate surface area is 277 Å². The lowest BCUT2D eigenvalue weighted by Crippen LogP contribution is -1.99. The molecule has 3 aromatic heterocycles. The van der Waals surface area contributed by atoms with E-state index in [4.69, 9.17) is 4.42 Å². The summed E-state index contributed by atoms with van der Waals surface area (Å²) in [6.07, 6.45) is 6.14. The van der Waals surface area contributed by atoms with Gasteiger partial charge >= 0.3 is 0 Å². The van der Waals surface area contributed by atoms with E-state index in [1.54, 1.807) is 0 Å². The predicted molar refractivity (Wildman–Crippen MR) is 200 cm³/mol. The predicted octanol–water partition coefficient (Wildman–Crippen LogP) is 11.8. The second-order valence-electron chi connectivity index (χ2n) is 12.0. The lowest BCUT2D eigenvalue weighted by atomic mass is 9.97. The van der Waals surface area contributed by atoms with Gasteiger partial charge in [-0.25, -0.2) is 0 Å². The van der Waals surface area contributed by atoms with E-state index in [-0.39, 0.29) is 0 Å². The van der Waals surface area contributed by atoms with E-state index in [9.17, 15) is 5.26 Å². The number of benzene rings is 6. The summed E-state index contributed by atoms with van der Waals surface area (Å²) in [5, 5.41) is 16.2. The number of hydrogen-bond donors (Lipinski definition) is 0. The fraction of sp³-hybridized carbons (Fsp3) is 0.0227. The third kappa shape index (κ3) is 3.95. The summed E-state index contributed by atoms with van der Waals surface area (Å²) in [5.41, 5.74) is 11.5. The monoisotopic (exact) mass is 615 g/mol. The Balaban J connectivity index is 1.25. The fourth-order valence-corrected chi connectivity index (χ4v) is 7.44. The molecule has 0 aliphatic carbocycles. The molecule has 0 fully saturated rings. The number of allylic oxidation sites excluding steroid dienone is 1. The van der Waals surface area contributed by atoms with Crippen LogP contribution in [0.25, 0.3) is 89.3 Å². The fourth-order valence-electron chi connectivity index (χ4n) is 7.44. The van der Waals surface area contributed by atoms with E-state index in [1.165, 1.54) is 0 Å². The maximum Gasteiger partial charge on any atom is 0.135 e. The summed E-state index contributed by atoms with van der Waals surface area (Å²) in [6, 6.07) is 46.5. The minimum absolute atomic E-state index is 0.628. The Morgan fingerprint density at radius 2 is 1.27 bits per heavy atom. The Morgan fingerprint density at radius 3 is 1.94 bits per heavy atom. The van der Waals surface area contributed by atoms with Gasteiger partial charge in [-0.15, -0.1) is 0 Å². The lowest BCUT2D eigenvalue weighted by Gasteiger charge is -2.13. The van der Waals surface area contributed by atoms with Crippen LogP contribution in [0, 0.1) is 11.3 Å². The zero-order valence-corrected chi connectivity index (χ0v) is 26.3. The zero-order chi connectivity index (χ0) is 32.4. The lowest BCUT2D eigenvalue weighted by molar-refractivity contribution is 0.669. The third-order valence-electron chi connectivity index (χ3n) is 9.48. The summed E-state index contributed by atoms with van der Waals surface area (Å²) in [7, 11) is 0. The van der Waals surface area contributed by atoms with Crippen LogP contribution in [0.1, 0.15) is 23.7 Å². The molecule has 226 valence electrons. The van der Waals surface area contributed by atoms with Crippen LogP contribution in [-0.4, -0.2) is 9.13 Å². The molecule has 3 heterocycles. The molecule has 9 rings (SSSR count). The molecule has 0 aliphatic heterocycles. The molecule has 6 aromatic carbocycles. The van der Waals surface area contributed by atoms with Crippen molar-refractivity contribution in [2.24, 2.45) is 0 Å². The quantitative estimate of drug-likeness (QED) is 0.193. The Bertz CT molecular complexity index is 2780. The number of nitriles is 1. The van der Waals surface area contributed by atoms with Crippen LogP contribution >= 0.6 is 0 Å². The molecule has 0 spiro atoms. The second kappa shape index (κ2) is 10.8. The summed E-state index contributed by atoms with van der Waals surface area (Å²) in [5.74, 6) is 0. The van der Waals surface area contributed by atoms with Crippen LogP contribution in [-0.2, 0) is 0 Å². The van der Waals surface area contributed by atoms with Crippen LogP contribution in [0.4, 0.5) is 0 Å². The van der Waals surface area contributed by atoms with E-state index in [1.807, 2.05) is 37.3 Å². The summed E-state index contributed by atoms with van der Waals surface area (Å²) in [4.78, 5) is 0. The van der Waals surface area contributed by atoms with Gasteiger partial charge in [0.05, 0.1) is 33.5 Å². The standard InChI is InChI=1S/C44H29N3O/c1-3-12-38-30(4-2)32-13-5-8-17-39(32)46(38)29-22-24-44-36(26-29)35-25-28(21-23-43(35)48-44)31-16-11-20-42(37(31)27-45)47-40-18-9-6-14-33(40)34-15-7-10-19-41(34)47/h3-26H,2H2,1H3/b12-3-. The van der Waals surface area contributed by atoms with Gasteiger partial charge in [0.25, 0.3) is 0 Å². The number of nitrogens with zero attached hydrogens (tertiary/aromatic N) is 3. The largest absolute Gasteiger partial charge is 0.456 e. The summed E-state index contributed by atoms with van der Waals surface area (Å²) >= 11 is 0. The average Bonchev–Trinajstić information content (AvgIpc) is 3.78. The number of aromatic nitrogens is 2. The highest BCUT2D eigenvalue weighted by Gasteiger charge is 2.19. The van der Waals surface area contributed by atoms with Crippen molar-refractivity contribution in [1.29, 1.82) is 5.26 Å². The number of hydrogen-bond acceptors (Lipinski definition) is 2. The maximum absolute atomic E-state index is 10.7. The van der Waals surface area contributed by atoms with Gasteiger partial charge in [-0.05, 0) is 73.2 Å². The summed E-state index contributed by atoms with van der Waals surface area (Å²) < 4.78 is 10.9. The normalized spacial score (nSPS) is 11.8. The molecule has 0 bridgehead atoms. The first-order chi connectivity index (χ1) is 23.7. The molecular weight excluding hydrogens is 587 g/mol. The average molecular weight is 616 g/mol. The molecule has 0 atom stereocenters. The molecular formula is C44H29N3O. The van der Waals surface area contributed by atoms with E-state index in [2.05, 4.69) is 137 Å². The maximum atomic E-state index is 10.7. The third-order valence-corrected chi connectivity index (χ3v) is 9.48. The first-order valence-electron chi connectivity index (χ1n) is 16.1. The molecule has 0 radical (unpaired) electrons. The highest BCUT2D eigenvalue weighted by molar-refractivity contribution is 6.10. The smallest absolute Gasteiger partial charge is 0.135 e. The van der Waals surface area contributed by atoms with Crippen molar-refractivity contribution in [3.8, 4) is 28.6 Å². The van der Waals surface area contributed by atoms with Gasteiger partial charge in [0, 0.05) is 43.7 Å². The number of furan rings is 1. The highest BCUT2D eigenvalue weighted by atomic mass is 16.3. The molecule has 4 nitrogen and oxygen atoms in total. The van der Waals surface area contributed by atoms with Crippen molar-refractivity contribution in [3.05, 3.63) is 157 Å². The number of fused-ring (bicyclic) bond motifs is 7. The first-order valence-corrected chi connectivity index (χ1v) is 16.1. The minimum Gasteiger partial charge on any atom is -0.456 e. The minimum atomic E-state index is 0.628. The number of para-hydroxylation sites is 3. The van der Waals surface area contributed by atoms with Crippen LogP contribution in [0.5, 0.6) is 0 Å². The highest BCUT2D eigenvalue weighted by Crippen LogP contribution is 2.39. The Hall–Kier alpha value is -6.57. The second-order valence-corrected chi connectivity index (χ2v) is 12.0. The number of rotatable bonds is 5. The van der Waals surface area contributed by atoms with Gasteiger partial charge in [-0.3, -0.25) is 0 Å². The van der Waals surface area contributed by atoms with Crippen molar-refractivity contribution < 1.29 is 4.42 Å². The molecule has 0 amide bonds. The van der Waals surface area contributed by atoms with Crippen molar-refractivity contribution in [1.82, 2.24) is 9.13 Å². The molecule has 0 unspecified atom stereocenters. The molecule has 0 saturated heterocycles. The van der Waals surface area contributed by atoms with Crippen molar-refractivity contribution in [2.45, 2.75) is 6.92 Å². The first kappa shape index (κ1) is 27.7. The van der Waals surface area contributed by atoms with E-state index in [0.717, 1.165) is 88.4 Å². The van der Waals surface area contributed by atoms with Crippen molar-refractivity contribution in [3.63, 3.8) is 0 Å². The van der Waals surface area contributed by atoms with Crippen LogP contribution in [0.15, 0.2) is 144 Å². The van der Waals surface area contributed by atoms with E-state index < -0.39 is 0 Å². The SMILES string of the molecule is C=Cc1c(/C=C\C)n(-c2ccc3oc4ccc(-c5cccc(-n6c7ccccc7c7ccccc76)c5C#N)cc4c3c2)c2ccccc12. The summed E-state index contributed by atoms with van der Waals surface area (Å²) in [6.45, 7) is 6.17. The van der Waals surface area contributed by atoms with Crippen molar-refractivity contribution >= 4 is 66.8 Å². The van der Waals surface area contributed by atoms with Gasteiger partial charge in [0.15, 0.2) is 0 Å². The van der Waals surface area contributed by atoms with E-state index in [0.29, 0.717) is 5.56 Å². The van der Waals surface area contributed by atoms with Gasteiger partial charge in [-0.2, -0.15) is 5.26 Å². The van der Waals surface area contributed by atoms with Gasteiger partial charge < -0.3 is 13.6 Å². The Kier molecular flexibility index (Phi) is 6.21. The zero-order valence-electron chi connectivity index (χ0n) is 26.3. The molecule has 9 aromatic rings. The van der Waals surface area contributed by atoms with Gasteiger partial charge in [0.1, 0.15) is 17.2 Å². The topological polar surface area (TPSA) is 46.8 Å². The van der Waals surface area contributed by atoms with Gasteiger partial charge in [-0.1, -0.05) is 91.5 Å².